The summed E-state index contributed by atoms with van der Waals surface area (Å²) in [4.78, 5) is 34.8. The molecular formula is C28H32ClF3N6O3. The van der Waals surface area contributed by atoms with E-state index in [2.05, 4.69) is 21.9 Å². The average Bonchev–Trinajstić information content (AvgIpc) is 3.58. The van der Waals surface area contributed by atoms with E-state index < -0.39 is 24.8 Å². The summed E-state index contributed by atoms with van der Waals surface area (Å²) < 4.78 is 43.5. The Labute approximate surface area is 240 Å². The molecule has 1 N–H and O–H groups in total. The van der Waals surface area contributed by atoms with Crippen LogP contribution in [-0.4, -0.2) is 63.9 Å². The van der Waals surface area contributed by atoms with Crippen LogP contribution in [0.25, 0.3) is 5.65 Å². The van der Waals surface area contributed by atoms with E-state index in [0.717, 1.165) is 50.2 Å². The first-order valence-electron chi connectivity index (χ1n) is 13.8. The van der Waals surface area contributed by atoms with Gasteiger partial charge >= 0.3 is 12.3 Å². The molecule has 2 aromatic heterocycles. The molecule has 2 aliphatic heterocycles. The second-order valence-corrected chi connectivity index (χ2v) is 11.1. The predicted octanol–water partition coefficient (Wildman–Crippen LogP) is 6.41. The molecule has 41 heavy (non-hydrogen) atoms. The topological polar surface area (TPSA) is 92.1 Å². The number of hydrogen-bond acceptors (Lipinski definition) is 6. The van der Waals surface area contributed by atoms with Gasteiger partial charge in [-0.25, -0.2) is 14.3 Å². The third-order valence-corrected chi connectivity index (χ3v) is 7.94. The van der Waals surface area contributed by atoms with Crippen molar-refractivity contribution in [1.29, 1.82) is 0 Å². The highest BCUT2D eigenvalue weighted by Crippen LogP contribution is 2.35. The number of carbonyl (C=O) groups is 2. The molecule has 13 heteroatoms. The number of likely N-dealkylation sites (tertiary alicyclic amines) is 1. The second-order valence-electron chi connectivity index (χ2n) is 10.6. The van der Waals surface area contributed by atoms with Crippen molar-refractivity contribution in [2.75, 3.05) is 36.5 Å². The zero-order valence-corrected chi connectivity index (χ0v) is 23.6. The van der Waals surface area contributed by atoms with Gasteiger partial charge in [0.1, 0.15) is 5.82 Å². The lowest BCUT2D eigenvalue weighted by molar-refractivity contribution is -0.159. The molecule has 0 unspecified atom stereocenters. The van der Waals surface area contributed by atoms with Crippen LogP contribution < -0.4 is 10.2 Å². The van der Waals surface area contributed by atoms with Crippen molar-refractivity contribution in [3.63, 3.8) is 0 Å². The van der Waals surface area contributed by atoms with Crippen LogP contribution >= 0.6 is 11.6 Å². The monoisotopic (exact) mass is 592 g/mol. The highest BCUT2D eigenvalue weighted by atomic mass is 35.5. The van der Waals surface area contributed by atoms with Crippen LogP contribution in [0.5, 0.6) is 0 Å². The maximum atomic E-state index is 13.9. The molecule has 4 heterocycles. The number of alkyl halides is 3. The standard InChI is InChI=1S/C28H32ClF3N6O3/c1-3-18-9-11-36(15-18)25-17(2)14-38-24(34-25)13-22(35-38)23-6-4-5-10-37(23)26(39)20-12-19(29)7-8-21(20)33-27(40)41-16-28(30,31)32/h7-8,12-14,18,23H,3-6,9-11,15-16H2,1-2H3,(H,33,40)/t18-,23-/m0/s1. The van der Waals surface area contributed by atoms with Crippen molar-refractivity contribution in [3.05, 3.63) is 52.3 Å². The lowest BCUT2D eigenvalue weighted by Gasteiger charge is -2.35. The van der Waals surface area contributed by atoms with Crippen molar-refractivity contribution in [2.45, 2.75) is 58.2 Å². The Morgan fingerprint density at radius 2 is 1.98 bits per heavy atom. The van der Waals surface area contributed by atoms with Crippen LogP contribution in [0.1, 0.15) is 66.7 Å². The zero-order chi connectivity index (χ0) is 29.3. The molecule has 2 saturated heterocycles. The Bertz CT molecular complexity index is 1450. The molecule has 0 spiro atoms. The Morgan fingerprint density at radius 1 is 1.17 bits per heavy atom. The highest BCUT2D eigenvalue weighted by Gasteiger charge is 2.33. The minimum atomic E-state index is -4.67. The summed E-state index contributed by atoms with van der Waals surface area (Å²) in [5.41, 5.74) is 2.45. The third kappa shape index (κ3) is 6.52. The van der Waals surface area contributed by atoms with Crippen molar-refractivity contribution in [1.82, 2.24) is 19.5 Å². The smallest absolute Gasteiger partial charge is 0.422 e. The number of rotatable bonds is 6. The fourth-order valence-electron chi connectivity index (χ4n) is 5.59. The van der Waals surface area contributed by atoms with Gasteiger partial charge in [-0.1, -0.05) is 24.9 Å². The molecule has 2 amide bonds. The SMILES string of the molecule is CC[C@H]1CCN(c2nc3cc([C@@H]4CCCCN4C(=O)c4cc(Cl)ccc4NC(=O)OCC(F)(F)F)nn3cc2C)C1. The zero-order valence-electron chi connectivity index (χ0n) is 22.9. The molecule has 9 nitrogen and oxygen atoms in total. The first-order valence-corrected chi connectivity index (χ1v) is 14.1. The molecule has 220 valence electrons. The number of ether oxygens (including phenoxy) is 1. The number of nitrogens with zero attached hydrogens (tertiary/aromatic N) is 5. The van der Waals surface area contributed by atoms with E-state index in [9.17, 15) is 22.8 Å². The number of carbonyl (C=O) groups excluding carboxylic acids is 2. The number of halogens is 4. The van der Waals surface area contributed by atoms with Crippen LogP contribution in [0.2, 0.25) is 5.02 Å². The summed E-state index contributed by atoms with van der Waals surface area (Å²) in [7, 11) is 0. The number of fused-ring (bicyclic) bond motifs is 1. The second kappa shape index (κ2) is 11.8. The number of aromatic nitrogens is 3. The number of nitrogens with one attached hydrogen (secondary N) is 1. The molecule has 0 saturated carbocycles. The Kier molecular flexibility index (Phi) is 8.30. The van der Waals surface area contributed by atoms with E-state index in [0.29, 0.717) is 30.2 Å². The molecule has 2 aliphatic rings. The fourth-order valence-corrected chi connectivity index (χ4v) is 5.77. The predicted molar refractivity (Wildman–Crippen MR) is 148 cm³/mol. The van der Waals surface area contributed by atoms with E-state index in [1.165, 1.54) is 18.2 Å². The number of benzene rings is 1. The first kappa shape index (κ1) is 29.0. The van der Waals surface area contributed by atoms with Crippen molar-refractivity contribution >= 4 is 40.8 Å². The van der Waals surface area contributed by atoms with Gasteiger partial charge in [0.25, 0.3) is 5.91 Å². The summed E-state index contributed by atoms with van der Waals surface area (Å²) in [6.45, 7) is 4.86. The molecule has 2 atom stereocenters. The fraction of sp³-hybridized carbons (Fsp3) is 0.500. The van der Waals surface area contributed by atoms with Crippen LogP contribution in [0.15, 0.2) is 30.5 Å². The maximum absolute atomic E-state index is 13.9. The van der Waals surface area contributed by atoms with Gasteiger partial charge in [0.05, 0.1) is 23.0 Å². The lowest BCUT2D eigenvalue weighted by atomic mass is 9.98. The summed E-state index contributed by atoms with van der Waals surface area (Å²) in [5, 5.41) is 7.27. The minimum absolute atomic E-state index is 0.00355. The average molecular weight is 593 g/mol. The molecule has 0 aliphatic carbocycles. The summed E-state index contributed by atoms with van der Waals surface area (Å²) in [6, 6.07) is 5.72. The van der Waals surface area contributed by atoms with E-state index in [1.54, 1.807) is 9.42 Å². The quantitative estimate of drug-likeness (QED) is 0.356. The number of amides is 2. The molecule has 5 rings (SSSR count). The Morgan fingerprint density at radius 3 is 2.71 bits per heavy atom. The summed E-state index contributed by atoms with van der Waals surface area (Å²) in [6.07, 6.45) is 0.564. The number of piperidine rings is 1. The molecule has 0 radical (unpaired) electrons. The van der Waals surface area contributed by atoms with Gasteiger partial charge in [-0.15, -0.1) is 0 Å². The number of anilines is 2. The van der Waals surface area contributed by atoms with E-state index in [-0.39, 0.29) is 22.3 Å². The van der Waals surface area contributed by atoms with Crippen LogP contribution in [0.4, 0.5) is 29.5 Å². The van der Waals surface area contributed by atoms with Gasteiger partial charge in [-0.05, 0) is 56.7 Å². The van der Waals surface area contributed by atoms with Crippen LogP contribution in [0, 0.1) is 12.8 Å². The van der Waals surface area contributed by atoms with E-state index in [1.807, 2.05) is 19.2 Å². The van der Waals surface area contributed by atoms with Gasteiger partial charge < -0.3 is 14.5 Å². The van der Waals surface area contributed by atoms with Gasteiger partial charge in [0.2, 0.25) is 0 Å². The van der Waals surface area contributed by atoms with E-state index >= 15 is 0 Å². The molecule has 0 bridgehead atoms. The molecule has 2 fully saturated rings. The van der Waals surface area contributed by atoms with Gasteiger partial charge in [-0.3, -0.25) is 10.1 Å². The van der Waals surface area contributed by atoms with Gasteiger partial charge in [0.15, 0.2) is 12.3 Å². The largest absolute Gasteiger partial charge is 0.440 e. The third-order valence-electron chi connectivity index (χ3n) is 7.71. The Balaban J connectivity index is 1.40. The van der Waals surface area contributed by atoms with Gasteiger partial charge in [0, 0.05) is 42.5 Å². The molecule has 3 aromatic rings. The number of aryl methyl sites for hydroxylation is 1. The summed E-state index contributed by atoms with van der Waals surface area (Å²) >= 11 is 6.17. The molecule has 1 aromatic carbocycles. The van der Waals surface area contributed by atoms with Gasteiger partial charge in [-0.2, -0.15) is 18.3 Å². The molecular weight excluding hydrogens is 561 g/mol. The van der Waals surface area contributed by atoms with Crippen LogP contribution in [-0.2, 0) is 4.74 Å². The van der Waals surface area contributed by atoms with Crippen LogP contribution in [0.3, 0.4) is 0 Å². The number of hydrogen-bond donors (Lipinski definition) is 1. The van der Waals surface area contributed by atoms with E-state index in [4.69, 9.17) is 21.7 Å². The maximum Gasteiger partial charge on any atom is 0.422 e. The minimum Gasteiger partial charge on any atom is -0.440 e. The van der Waals surface area contributed by atoms with Crippen molar-refractivity contribution in [3.8, 4) is 0 Å². The normalized spacial score (nSPS) is 19.6. The Hall–Kier alpha value is -3.54. The highest BCUT2D eigenvalue weighted by molar-refractivity contribution is 6.31. The van der Waals surface area contributed by atoms with Crippen molar-refractivity contribution < 1.29 is 27.5 Å². The lowest BCUT2D eigenvalue weighted by Crippen LogP contribution is -2.39. The summed E-state index contributed by atoms with van der Waals surface area (Å²) in [5.74, 6) is 1.18. The van der Waals surface area contributed by atoms with Crippen molar-refractivity contribution in [2.24, 2.45) is 5.92 Å². The first-order chi connectivity index (χ1) is 19.5.